The third-order valence-corrected chi connectivity index (χ3v) is 6.36. The van der Waals surface area contributed by atoms with Crippen LogP contribution in [0.4, 0.5) is 13.2 Å². The number of halogens is 3. The van der Waals surface area contributed by atoms with Crippen molar-refractivity contribution in [3.05, 3.63) is 100 Å². The summed E-state index contributed by atoms with van der Waals surface area (Å²) in [6.07, 6.45) is -4.57. The van der Waals surface area contributed by atoms with Crippen LogP contribution in [0.15, 0.2) is 66.7 Å². The maximum Gasteiger partial charge on any atom is 0.435 e. The van der Waals surface area contributed by atoms with Crippen molar-refractivity contribution in [2.45, 2.75) is 40.0 Å². The first kappa shape index (κ1) is 23.2. The molecule has 0 fully saturated rings. The van der Waals surface area contributed by atoms with E-state index in [0.717, 1.165) is 33.5 Å². The molecule has 0 saturated heterocycles. The lowest BCUT2D eigenvalue weighted by atomic mass is 10.0. The molecule has 0 saturated carbocycles. The molecule has 5 aromatic rings. The van der Waals surface area contributed by atoms with Gasteiger partial charge in [-0.15, -0.1) is 0 Å². The first-order chi connectivity index (χ1) is 16.6. The summed E-state index contributed by atoms with van der Waals surface area (Å²) in [6, 6.07) is 21.4. The van der Waals surface area contributed by atoms with Crippen LogP contribution in [0.25, 0.3) is 22.5 Å². The fourth-order valence-electron chi connectivity index (χ4n) is 5.12. The molecule has 0 unspecified atom stereocenters. The van der Waals surface area contributed by atoms with Crippen molar-refractivity contribution in [1.82, 2.24) is 18.9 Å². The minimum Gasteiger partial charge on any atom is -0.296 e. The van der Waals surface area contributed by atoms with Crippen LogP contribution in [0.5, 0.6) is 0 Å². The number of rotatable bonds is 5. The Morgan fingerprint density at radius 1 is 0.829 bits per heavy atom. The number of fused-ring (bicyclic) bond motifs is 3. The third kappa shape index (κ3) is 4.10. The Hall–Kier alpha value is -3.58. The van der Waals surface area contributed by atoms with Gasteiger partial charge in [0.15, 0.2) is 5.69 Å². The fourth-order valence-corrected chi connectivity index (χ4v) is 5.12. The number of para-hydroxylation sites is 2. The summed E-state index contributed by atoms with van der Waals surface area (Å²) in [5.41, 5.74) is 5.83. The van der Waals surface area contributed by atoms with Gasteiger partial charge in [-0.05, 0) is 56.6 Å². The van der Waals surface area contributed by atoms with E-state index >= 15 is 0 Å². The van der Waals surface area contributed by atoms with Crippen LogP contribution in [0, 0.1) is 20.8 Å². The number of aryl methyl sites for hydroxylation is 3. The highest BCUT2D eigenvalue weighted by Gasteiger charge is 2.39. The lowest BCUT2D eigenvalue weighted by molar-refractivity contribution is -0.141. The molecule has 7 heteroatoms. The fraction of sp³-hybridized carbons (Fsp3) is 0.250. The van der Waals surface area contributed by atoms with Crippen molar-refractivity contribution in [1.29, 1.82) is 0 Å². The normalized spacial score (nSPS) is 12.3. The Morgan fingerprint density at radius 3 is 2.06 bits per heavy atom. The van der Waals surface area contributed by atoms with Crippen LogP contribution >= 0.6 is 0 Å². The Labute approximate surface area is 202 Å². The highest BCUT2D eigenvalue weighted by molar-refractivity contribution is 5.85. The number of hydrogen-bond acceptors (Lipinski definition) is 2. The Bertz CT molecular complexity index is 1500. The summed E-state index contributed by atoms with van der Waals surface area (Å²) < 4.78 is 46.4. The number of alkyl halides is 3. The topological polar surface area (TPSA) is 25.5 Å². The molecule has 2 heterocycles. The summed E-state index contributed by atoms with van der Waals surface area (Å²) in [4.78, 5) is 6.13. The van der Waals surface area contributed by atoms with Gasteiger partial charge in [-0.2, -0.15) is 13.2 Å². The Morgan fingerprint density at radius 2 is 1.43 bits per heavy atom. The molecule has 0 radical (unpaired) electrons. The van der Waals surface area contributed by atoms with Crippen LogP contribution in [-0.4, -0.2) is 25.9 Å². The lowest BCUT2D eigenvalue weighted by Gasteiger charge is -2.18. The van der Waals surface area contributed by atoms with Gasteiger partial charge < -0.3 is 0 Å². The molecule has 0 amide bonds. The van der Waals surface area contributed by atoms with E-state index in [1.54, 1.807) is 4.40 Å². The second-order valence-electron chi connectivity index (χ2n) is 9.27. The zero-order valence-electron chi connectivity index (χ0n) is 20.2. The molecule has 0 aliphatic heterocycles. The predicted octanol–water partition coefficient (Wildman–Crippen LogP) is 6.85. The van der Waals surface area contributed by atoms with E-state index in [-0.39, 0.29) is 18.0 Å². The second-order valence-corrected chi connectivity index (χ2v) is 9.27. The molecular formula is C28H27F3N4. The van der Waals surface area contributed by atoms with Gasteiger partial charge in [-0.3, -0.25) is 13.9 Å². The molecule has 0 aliphatic rings. The summed E-state index contributed by atoms with van der Waals surface area (Å²) in [7, 11) is 1.83. The minimum absolute atomic E-state index is 0.102. The van der Waals surface area contributed by atoms with Crippen molar-refractivity contribution in [3.63, 3.8) is 0 Å². The van der Waals surface area contributed by atoms with E-state index in [9.17, 15) is 13.2 Å². The van der Waals surface area contributed by atoms with Gasteiger partial charge in [-0.25, -0.2) is 4.98 Å². The minimum atomic E-state index is -4.57. The third-order valence-electron chi connectivity index (χ3n) is 6.36. The number of hydrogen-bond donors (Lipinski definition) is 0. The first-order valence-corrected chi connectivity index (χ1v) is 11.5. The molecule has 0 N–H and O–H groups in total. The predicted molar refractivity (Wildman–Crippen MR) is 133 cm³/mol. The highest BCUT2D eigenvalue weighted by Crippen LogP contribution is 2.37. The van der Waals surface area contributed by atoms with Crippen molar-refractivity contribution in [2.24, 2.45) is 0 Å². The first-order valence-electron chi connectivity index (χ1n) is 11.5. The molecule has 5 rings (SSSR count). The van der Waals surface area contributed by atoms with Crippen LogP contribution in [0.1, 0.15) is 33.6 Å². The standard InChI is InChI=1S/C28H27F3N4/c1-18-14-19(2)25(20(3)15-18)35-23-13-9-8-12-22(23)34-24(26(28(29,30)31)32-27(34)35)17-33(4)16-21-10-6-5-7-11-21/h5-15H,16-17H2,1-4H3. The maximum atomic E-state index is 14.3. The molecule has 0 atom stereocenters. The van der Waals surface area contributed by atoms with Gasteiger partial charge in [0.25, 0.3) is 0 Å². The molecular weight excluding hydrogens is 449 g/mol. The quantitative estimate of drug-likeness (QED) is 0.277. The maximum absolute atomic E-state index is 14.3. The highest BCUT2D eigenvalue weighted by atomic mass is 19.4. The molecule has 0 aliphatic carbocycles. The zero-order chi connectivity index (χ0) is 24.9. The summed E-state index contributed by atoms with van der Waals surface area (Å²) >= 11 is 0. The van der Waals surface area contributed by atoms with Gasteiger partial charge >= 0.3 is 6.18 Å². The molecule has 4 nitrogen and oxygen atoms in total. The van der Waals surface area contributed by atoms with Crippen molar-refractivity contribution < 1.29 is 13.2 Å². The zero-order valence-corrected chi connectivity index (χ0v) is 20.2. The average Bonchev–Trinajstić information content (AvgIpc) is 3.30. The van der Waals surface area contributed by atoms with Gasteiger partial charge in [0.2, 0.25) is 5.78 Å². The largest absolute Gasteiger partial charge is 0.435 e. The molecule has 3 aromatic carbocycles. The van der Waals surface area contributed by atoms with E-state index in [0.29, 0.717) is 12.1 Å². The smallest absolute Gasteiger partial charge is 0.296 e. The average molecular weight is 477 g/mol. The van der Waals surface area contributed by atoms with Gasteiger partial charge in [-0.1, -0.05) is 60.2 Å². The summed E-state index contributed by atoms with van der Waals surface area (Å²) in [5.74, 6) is 0.275. The Balaban J connectivity index is 1.76. The van der Waals surface area contributed by atoms with E-state index in [1.165, 1.54) is 0 Å². The van der Waals surface area contributed by atoms with E-state index in [2.05, 4.69) is 17.1 Å². The molecule has 180 valence electrons. The number of nitrogens with zero attached hydrogens (tertiary/aromatic N) is 4. The van der Waals surface area contributed by atoms with Crippen molar-refractivity contribution >= 4 is 16.8 Å². The number of imidazole rings is 2. The lowest BCUT2D eigenvalue weighted by Crippen LogP contribution is -2.21. The summed E-state index contributed by atoms with van der Waals surface area (Å²) in [5, 5.41) is 0. The van der Waals surface area contributed by atoms with Crippen LogP contribution in [0.2, 0.25) is 0 Å². The number of benzene rings is 3. The molecule has 0 spiro atoms. The Kier molecular flexibility index (Phi) is 5.68. The van der Waals surface area contributed by atoms with Crippen molar-refractivity contribution in [3.8, 4) is 5.69 Å². The van der Waals surface area contributed by atoms with Crippen LogP contribution < -0.4 is 0 Å². The van der Waals surface area contributed by atoms with Crippen LogP contribution in [0.3, 0.4) is 0 Å². The van der Waals surface area contributed by atoms with E-state index in [4.69, 9.17) is 0 Å². The van der Waals surface area contributed by atoms with Crippen molar-refractivity contribution in [2.75, 3.05) is 7.05 Å². The molecule has 2 aromatic heterocycles. The monoisotopic (exact) mass is 476 g/mol. The van der Waals surface area contributed by atoms with E-state index < -0.39 is 11.9 Å². The van der Waals surface area contributed by atoms with Gasteiger partial charge in [0.1, 0.15) is 0 Å². The van der Waals surface area contributed by atoms with Gasteiger partial charge in [0.05, 0.1) is 22.4 Å². The SMILES string of the molecule is Cc1cc(C)c(-n2c3ccccc3n3c(CN(C)Cc4ccccc4)c(C(F)(F)F)nc23)c(C)c1. The van der Waals surface area contributed by atoms with Crippen LogP contribution in [-0.2, 0) is 19.3 Å². The molecule has 35 heavy (non-hydrogen) atoms. The molecule has 0 bridgehead atoms. The summed E-state index contributed by atoms with van der Waals surface area (Å²) in [6.45, 7) is 6.63. The van der Waals surface area contributed by atoms with E-state index in [1.807, 2.05) is 91.9 Å². The second kappa shape index (κ2) is 8.57. The van der Waals surface area contributed by atoms with Gasteiger partial charge in [0, 0.05) is 13.1 Å². The number of aromatic nitrogens is 3.